The van der Waals surface area contributed by atoms with E-state index < -0.39 is 11.6 Å². The maximum Gasteiger partial charge on any atom is 0.372 e. The highest BCUT2D eigenvalue weighted by Gasteiger charge is 2.22. The lowest BCUT2D eigenvalue weighted by molar-refractivity contribution is 0.0659. The zero-order valence-electron chi connectivity index (χ0n) is 12.7. The van der Waals surface area contributed by atoms with Crippen molar-refractivity contribution in [3.8, 4) is 11.1 Å². The molecule has 0 atom stereocenters. The first kappa shape index (κ1) is 14.2. The summed E-state index contributed by atoms with van der Waals surface area (Å²) in [7, 11) is 0. The summed E-state index contributed by atoms with van der Waals surface area (Å²) in [4.78, 5) is 23.8. The van der Waals surface area contributed by atoms with Gasteiger partial charge in [-0.1, -0.05) is 18.2 Å². The molecule has 2 heterocycles. The monoisotopic (exact) mass is 320 g/mol. The number of carboxylic acids is 1. The first-order valence-corrected chi connectivity index (χ1v) is 7.29. The van der Waals surface area contributed by atoms with Crippen LogP contribution >= 0.6 is 0 Å². The van der Waals surface area contributed by atoms with Gasteiger partial charge in [-0.15, -0.1) is 0 Å². The molecule has 6 nitrogen and oxygen atoms in total. The molecule has 2 aromatic carbocycles. The highest BCUT2D eigenvalue weighted by atomic mass is 16.4. The van der Waals surface area contributed by atoms with E-state index in [2.05, 4.69) is 10.2 Å². The fourth-order valence-corrected chi connectivity index (χ4v) is 2.99. The number of nitrogens with zero attached hydrogens (tertiary/aromatic N) is 1. The van der Waals surface area contributed by atoms with Crippen molar-refractivity contribution >= 4 is 27.6 Å². The van der Waals surface area contributed by atoms with Gasteiger partial charge in [0.1, 0.15) is 0 Å². The Hall–Kier alpha value is -3.41. The lowest BCUT2D eigenvalue weighted by Crippen LogP contribution is -2.09. The minimum absolute atomic E-state index is 0.351. The lowest BCUT2D eigenvalue weighted by Gasteiger charge is -2.12. The van der Waals surface area contributed by atoms with Crippen molar-refractivity contribution in [2.75, 3.05) is 0 Å². The SMILES string of the molecule is Cc1cc2[nH]ncc2cc1-c1c(C(=O)O)oc(=O)c2ccccc12. The number of rotatable bonds is 2. The molecule has 24 heavy (non-hydrogen) atoms. The third kappa shape index (κ3) is 2.00. The maximum atomic E-state index is 12.1. The molecule has 0 spiro atoms. The van der Waals surface area contributed by atoms with Crippen LogP contribution in [0.2, 0.25) is 0 Å². The van der Waals surface area contributed by atoms with Crippen LogP contribution in [0.3, 0.4) is 0 Å². The first-order valence-electron chi connectivity index (χ1n) is 7.29. The molecule has 0 unspecified atom stereocenters. The van der Waals surface area contributed by atoms with Crippen molar-refractivity contribution in [2.24, 2.45) is 0 Å². The molecule has 4 aromatic rings. The van der Waals surface area contributed by atoms with Crippen LogP contribution in [0, 0.1) is 6.92 Å². The van der Waals surface area contributed by atoms with Crippen molar-refractivity contribution in [2.45, 2.75) is 6.92 Å². The third-order valence-electron chi connectivity index (χ3n) is 4.09. The number of aromatic nitrogens is 2. The normalized spacial score (nSPS) is 11.2. The molecule has 4 rings (SSSR count). The molecule has 2 aromatic heterocycles. The van der Waals surface area contributed by atoms with Crippen LogP contribution in [0.25, 0.3) is 32.8 Å². The Kier molecular flexibility index (Phi) is 2.99. The summed E-state index contributed by atoms with van der Waals surface area (Å²) in [5.41, 5.74) is 2.15. The Morgan fingerprint density at radius 3 is 2.71 bits per heavy atom. The number of hydrogen-bond donors (Lipinski definition) is 2. The van der Waals surface area contributed by atoms with Crippen molar-refractivity contribution in [3.05, 3.63) is 64.3 Å². The van der Waals surface area contributed by atoms with Crippen molar-refractivity contribution < 1.29 is 14.3 Å². The highest BCUT2D eigenvalue weighted by molar-refractivity contribution is 6.06. The molecule has 0 radical (unpaired) electrons. The maximum absolute atomic E-state index is 12.1. The van der Waals surface area contributed by atoms with Crippen LogP contribution in [-0.4, -0.2) is 21.3 Å². The second-order valence-corrected chi connectivity index (χ2v) is 5.57. The first-order chi connectivity index (χ1) is 11.6. The summed E-state index contributed by atoms with van der Waals surface area (Å²) >= 11 is 0. The second-order valence-electron chi connectivity index (χ2n) is 5.57. The van der Waals surface area contributed by atoms with Gasteiger partial charge in [0.15, 0.2) is 0 Å². The summed E-state index contributed by atoms with van der Waals surface area (Å²) in [6.07, 6.45) is 1.67. The van der Waals surface area contributed by atoms with E-state index in [-0.39, 0.29) is 5.76 Å². The summed E-state index contributed by atoms with van der Waals surface area (Å²) in [5.74, 6) is -1.64. The van der Waals surface area contributed by atoms with Gasteiger partial charge in [0.05, 0.1) is 17.1 Å². The predicted octanol–water partition coefficient (Wildman–Crippen LogP) is 3.34. The van der Waals surface area contributed by atoms with E-state index in [1.54, 1.807) is 30.5 Å². The number of aromatic carboxylic acids is 1. The molecule has 2 N–H and O–H groups in total. The lowest BCUT2D eigenvalue weighted by atomic mass is 9.94. The Balaban J connectivity index is 2.20. The quantitative estimate of drug-likeness (QED) is 0.590. The summed E-state index contributed by atoms with van der Waals surface area (Å²) < 4.78 is 5.11. The Labute approximate surface area is 135 Å². The number of aryl methyl sites for hydroxylation is 1. The summed E-state index contributed by atoms with van der Waals surface area (Å²) in [6, 6.07) is 10.6. The van der Waals surface area contributed by atoms with Gasteiger partial charge in [-0.3, -0.25) is 5.10 Å². The van der Waals surface area contributed by atoms with Crippen LogP contribution in [0.1, 0.15) is 16.1 Å². The molecule has 0 saturated carbocycles. The smallest absolute Gasteiger partial charge is 0.372 e. The fourth-order valence-electron chi connectivity index (χ4n) is 2.99. The van der Waals surface area contributed by atoms with Crippen LogP contribution in [0.4, 0.5) is 0 Å². The Bertz CT molecular complexity index is 1170. The van der Waals surface area contributed by atoms with Crippen LogP contribution < -0.4 is 5.63 Å². The fraction of sp³-hybridized carbons (Fsp3) is 0.0556. The van der Waals surface area contributed by atoms with Crippen molar-refractivity contribution in [1.29, 1.82) is 0 Å². The minimum atomic E-state index is -1.28. The number of benzene rings is 2. The van der Waals surface area contributed by atoms with Gasteiger partial charge in [-0.05, 0) is 36.2 Å². The van der Waals surface area contributed by atoms with Crippen LogP contribution in [0.15, 0.2) is 51.8 Å². The number of carbonyl (C=O) groups is 1. The average Bonchev–Trinajstić information content (AvgIpc) is 3.01. The van der Waals surface area contributed by atoms with Crippen molar-refractivity contribution in [1.82, 2.24) is 10.2 Å². The number of carboxylic acid groups (broad SMARTS) is 1. The van der Waals surface area contributed by atoms with Gasteiger partial charge in [0.2, 0.25) is 5.76 Å². The molecule has 0 bridgehead atoms. The molecule has 0 aliphatic heterocycles. The van der Waals surface area contributed by atoms with Crippen molar-refractivity contribution in [3.63, 3.8) is 0 Å². The zero-order valence-corrected chi connectivity index (χ0v) is 12.7. The largest absolute Gasteiger partial charge is 0.475 e. The van der Waals surface area contributed by atoms with Crippen LogP contribution in [0.5, 0.6) is 0 Å². The Morgan fingerprint density at radius 1 is 1.21 bits per heavy atom. The predicted molar refractivity (Wildman–Crippen MR) is 89.3 cm³/mol. The van der Waals surface area contributed by atoms with Gasteiger partial charge in [-0.25, -0.2) is 9.59 Å². The molecule has 6 heteroatoms. The molecule has 118 valence electrons. The van der Waals surface area contributed by atoms with Gasteiger partial charge in [0, 0.05) is 16.3 Å². The van der Waals surface area contributed by atoms with E-state index in [0.29, 0.717) is 21.9 Å². The standard InChI is InChI=1S/C18H12N2O4/c1-9-6-14-10(8-19-20-14)7-13(9)15-11-4-2-3-5-12(11)18(23)24-16(15)17(21)22/h2-8H,1H3,(H,19,20)(H,21,22). The topological polar surface area (TPSA) is 96.2 Å². The number of nitrogens with one attached hydrogen (secondary N) is 1. The van der Waals surface area contributed by atoms with E-state index in [0.717, 1.165) is 16.5 Å². The number of fused-ring (bicyclic) bond motifs is 2. The molecular weight excluding hydrogens is 308 g/mol. The molecule has 0 amide bonds. The number of hydrogen-bond acceptors (Lipinski definition) is 4. The van der Waals surface area contributed by atoms with Gasteiger partial charge < -0.3 is 9.52 Å². The van der Waals surface area contributed by atoms with E-state index >= 15 is 0 Å². The molecule has 0 saturated heterocycles. The minimum Gasteiger partial charge on any atom is -0.475 e. The van der Waals surface area contributed by atoms with Crippen LogP contribution in [-0.2, 0) is 0 Å². The zero-order chi connectivity index (χ0) is 16.8. The van der Waals surface area contributed by atoms with Gasteiger partial charge >= 0.3 is 11.6 Å². The third-order valence-corrected chi connectivity index (χ3v) is 4.09. The average molecular weight is 320 g/mol. The Morgan fingerprint density at radius 2 is 1.96 bits per heavy atom. The highest BCUT2D eigenvalue weighted by Crippen LogP contribution is 2.34. The molecule has 0 fully saturated rings. The molecule has 0 aliphatic rings. The van der Waals surface area contributed by atoms with E-state index in [1.807, 2.05) is 19.1 Å². The van der Waals surface area contributed by atoms with E-state index in [4.69, 9.17) is 4.42 Å². The summed E-state index contributed by atoms with van der Waals surface area (Å²) in [6.45, 7) is 1.88. The molecular formula is C18H12N2O4. The number of H-pyrrole nitrogens is 1. The second kappa shape index (κ2) is 5.06. The van der Waals surface area contributed by atoms with E-state index in [9.17, 15) is 14.7 Å². The van der Waals surface area contributed by atoms with Gasteiger partial charge in [0.25, 0.3) is 0 Å². The molecule has 0 aliphatic carbocycles. The number of aromatic amines is 1. The summed E-state index contributed by atoms with van der Waals surface area (Å²) in [5, 5.41) is 18.2. The van der Waals surface area contributed by atoms with Gasteiger partial charge in [-0.2, -0.15) is 5.10 Å². The van der Waals surface area contributed by atoms with E-state index in [1.165, 1.54) is 0 Å².